The normalized spacial score (nSPS) is 22.0. The Morgan fingerprint density at radius 2 is 1.73 bits per heavy atom. The monoisotopic (exact) mass is 304 g/mol. The van der Waals surface area contributed by atoms with E-state index >= 15 is 0 Å². The molecule has 122 valence electrons. The van der Waals surface area contributed by atoms with Crippen LogP contribution in [-0.4, -0.2) is 69.3 Å². The first-order valence-corrected chi connectivity index (χ1v) is 8.28. The molecule has 1 aromatic carbocycles. The Morgan fingerprint density at radius 1 is 1.05 bits per heavy atom. The first kappa shape index (κ1) is 15.4. The topological polar surface area (TPSA) is 45.0 Å². The number of likely N-dealkylation sites (tertiary alicyclic amines) is 1. The van der Waals surface area contributed by atoms with Crippen LogP contribution >= 0.6 is 0 Å². The van der Waals surface area contributed by atoms with Crippen LogP contribution in [-0.2, 0) is 0 Å². The summed E-state index contributed by atoms with van der Waals surface area (Å²) in [6.45, 7) is 6.87. The predicted molar refractivity (Wildman–Crippen MR) is 91.7 cm³/mol. The van der Waals surface area contributed by atoms with Gasteiger partial charge in [0.05, 0.1) is 12.8 Å². The van der Waals surface area contributed by atoms with E-state index in [1.54, 1.807) is 7.11 Å². The van der Waals surface area contributed by atoms with E-state index in [1.807, 2.05) is 12.1 Å². The molecule has 2 heterocycles. The van der Waals surface area contributed by atoms with Gasteiger partial charge in [0.15, 0.2) is 0 Å². The number of piperazine rings is 1. The van der Waals surface area contributed by atoms with E-state index in [2.05, 4.69) is 27.8 Å². The summed E-state index contributed by atoms with van der Waals surface area (Å²) in [4.78, 5) is 7.53. The second-order valence-corrected chi connectivity index (χ2v) is 6.49. The van der Waals surface area contributed by atoms with Gasteiger partial charge in [-0.25, -0.2) is 0 Å². The minimum absolute atomic E-state index is 0.755. The summed E-state index contributed by atoms with van der Waals surface area (Å²) in [6.07, 6.45) is 2.61. The molecule has 2 fully saturated rings. The molecule has 2 N–H and O–H groups in total. The van der Waals surface area contributed by atoms with Crippen LogP contribution in [0.25, 0.3) is 0 Å². The van der Waals surface area contributed by atoms with Gasteiger partial charge in [-0.15, -0.1) is 0 Å². The van der Waals surface area contributed by atoms with Crippen LogP contribution in [0.5, 0.6) is 5.75 Å². The lowest BCUT2D eigenvalue weighted by atomic mass is 10.0. The molecule has 2 aliphatic heterocycles. The predicted octanol–water partition coefficient (Wildman–Crippen LogP) is 1.49. The van der Waals surface area contributed by atoms with E-state index in [1.165, 1.54) is 31.6 Å². The van der Waals surface area contributed by atoms with Crippen LogP contribution in [0.3, 0.4) is 0 Å². The van der Waals surface area contributed by atoms with Crippen molar-refractivity contribution < 1.29 is 4.74 Å². The fourth-order valence-corrected chi connectivity index (χ4v) is 3.64. The van der Waals surface area contributed by atoms with E-state index in [4.69, 9.17) is 10.5 Å². The Balaban J connectivity index is 1.60. The molecule has 2 aliphatic rings. The van der Waals surface area contributed by atoms with Crippen molar-refractivity contribution >= 4 is 11.4 Å². The van der Waals surface area contributed by atoms with Crippen molar-refractivity contribution in [1.82, 2.24) is 9.80 Å². The molecule has 0 saturated carbocycles. The first-order valence-electron chi connectivity index (χ1n) is 8.28. The van der Waals surface area contributed by atoms with Crippen LogP contribution in [0, 0.1) is 0 Å². The molecule has 0 aromatic heterocycles. The number of nitrogens with zero attached hydrogens (tertiary/aromatic N) is 3. The molecule has 0 amide bonds. The Morgan fingerprint density at radius 3 is 2.36 bits per heavy atom. The van der Waals surface area contributed by atoms with Gasteiger partial charge in [-0.1, -0.05) is 0 Å². The number of ether oxygens (including phenoxy) is 1. The molecule has 1 aromatic rings. The molecule has 0 spiro atoms. The molecule has 0 bridgehead atoms. The molecular weight excluding hydrogens is 276 g/mol. The minimum Gasteiger partial charge on any atom is -0.495 e. The third-order valence-corrected chi connectivity index (χ3v) is 5.06. The zero-order valence-electron chi connectivity index (χ0n) is 13.8. The van der Waals surface area contributed by atoms with E-state index in [0.29, 0.717) is 0 Å². The number of methoxy groups -OCH3 is 1. The number of hydrogen-bond acceptors (Lipinski definition) is 5. The summed E-state index contributed by atoms with van der Waals surface area (Å²) in [5, 5.41) is 0. The van der Waals surface area contributed by atoms with Crippen LogP contribution in [0.2, 0.25) is 0 Å². The minimum atomic E-state index is 0.755. The highest BCUT2D eigenvalue weighted by atomic mass is 16.5. The van der Waals surface area contributed by atoms with Gasteiger partial charge in [-0.05, 0) is 45.1 Å². The molecule has 22 heavy (non-hydrogen) atoms. The van der Waals surface area contributed by atoms with Crippen molar-refractivity contribution in [2.45, 2.75) is 18.9 Å². The van der Waals surface area contributed by atoms with E-state index in [-0.39, 0.29) is 0 Å². The molecule has 0 unspecified atom stereocenters. The standard InChI is InChI=1S/C17H28N4O/c1-19-7-5-15(6-8-19)20-9-11-21(12-10-20)16-4-3-14(18)13-17(16)22-2/h3-4,13,15H,5-12,18H2,1-2H3. The van der Waals surface area contributed by atoms with Gasteiger partial charge in [0, 0.05) is 44.0 Å². The van der Waals surface area contributed by atoms with Gasteiger partial charge >= 0.3 is 0 Å². The molecule has 2 saturated heterocycles. The summed E-state index contributed by atoms with van der Waals surface area (Å²) in [7, 11) is 3.94. The molecule has 3 rings (SSSR count). The number of nitrogens with two attached hydrogens (primary N) is 1. The highest BCUT2D eigenvalue weighted by Gasteiger charge is 2.27. The number of rotatable bonds is 3. The molecule has 0 aliphatic carbocycles. The second kappa shape index (κ2) is 6.75. The summed E-state index contributed by atoms with van der Waals surface area (Å²) in [6, 6.07) is 6.73. The fourth-order valence-electron chi connectivity index (χ4n) is 3.64. The lowest BCUT2D eigenvalue weighted by Gasteiger charge is -2.43. The lowest BCUT2D eigenvalue weighted by molar-refractivity contribution is 0.115. The van der Waals surface area contributed by atoms with Gasteiger partial charge in [-0.3, -0.25) is 4.90 Å². The van der Waals surface area contributed by atoms with Crippen molar-refractivity contribution in [2.75, 3.05) is 64.1 Å². The summed E-state index contributed by atoms with van der Waals surface area (Å²) < 4.78 is 5.49. The van der Waals surface area contributed by atoms with Crippen molar-refractivity contribution in [3.8, 4) is 5.75 Å². The fraction of sp³-hybridized carbons (Fsp3) is 0.647. The number of piperidine rings is 1. The van der Waals surface area contributed by atoms with Gasteiger partial charge in [-0.2, -0.15) is 0 Å². The molecule has 5 heteroatoms. The summed E-state index contributed by atoms with van der Waals surface area (Å²) >= 11 is 0. The Bertz CT molecular complexity index is 491. The van der Waals surface area contributed by atoms with Crippen molar-refractivity contribution in [3.05, 3.63) is 18.2 Å². The van der Waals surface area contributed by atoms with Crippen LogP contribution in [0.15, 0.2) is 18.2 Å². The summed E-state index contributed by atoms with van der Waals surface area (Å²) in [5.74, 6) is 0.882. The highest BCUT2D eigenvalue weighted by Crippen LogP contribution is 2.31. The summed E-state index contributed by atoms with van der Waals surface area (Å²) in [5.41, 5.74) is 7.77. The van der Waals surface area contributed by atoms with Gasteiger partial charge in [0.1, 0.15) is 5.75 Å². The van der Waals surface area contributed by atoms with Crippen molar-refractivity contribution in [2.24, 2.45) is 0 Å². The number of benzene rings is 1. The van der Waals surface area contributed by atoms with Crippen molar-refractivity contribution in [3.63, 3.8) is 0 Å². The Kier molecular flexibility index (Phi) is 4.74. The van der Waals surface area contributed by atoms with Crippen molar-refractivity contribution in [1.29, 1.82) is 0 Å². The zero-order chi connectivity index (χ0) is 15.5. The van der Waals surface area contributed by atoms with Crippen LogP contribution in [0.1, 0.15) is 12.8 Å². The largest absolute Gasteiger partial charge is 0.495 e. The third kappa shape index (κ3) is 3.31. The Hall–Kier alpha value is -1.46. The molecule has 0 radical (unpaired) electrons. The molecular formula is C17H28N4O. The smallest absolute Gasteiger partial charge is 0.144 e. The average molecular weight is 304 g/mol. The maximum absolute atomic E-state index is 5.85. The SMILES string of the molecule is COc1cc(N)ccc1N1CCN(C2CCN(C)CC2)CC1. The maximum Gasteiger partial charge on any atom is 0.144 e. The molecule has 5 nitrogen and oxygen atoms in total. The molecule has 0 atom stereocenters. The quantitative estimate of drug-likeness (QED) is 0.857. The number of anilines is 2. The lowest BCUT2D eigenvalue weighted by Crippen LogP contribution is -2.53. The van der Waals surface area contributed by atoms with E-state index < -0.39 is 0 Å². The third-order valence-electron chi connectivity index (χ3n) is 5.06. The number of nitrogen functional groups attached to an aromatic ring is 1. The van der Waals surface area contributed by atoms with Crippen LogP contribution in [0.4, 0.5) is 11.4 Å². The zero-order valence-corrected chi connectivity index (χ0v) is 13.8. The van der Waals surface area contributed by atoms with Crippen LogP contribution < -0.4 is 15.4 Å². The van der Waals surface area contributed by atoms with E-state index in [0.717, 1.165) is 43.7 Å². The highest BCUT2D eigenvalue weighted by molar-refractivity contribution is 5.64. The number of hydrogen-bond donors (Lipinski definition) is 1. The Labute approximate surface area is 133 Å². The first-order chi connectivity index (χ1) is 10.7. The average Bonchev–Trinajstić information content (AvgIpc) is 2.56. The maximum atomic E-state index is 5.85. The van der Waals surface area contributed by atoms with Gasteiger partial charge in [0.25, 0.3) is 0 Å². The van der Waals surface area contributed by atoms with Gasteiger partial charge in [0.2, 0.25) is 0 Å². The second-order valence-electron chi connectivity index (χ2n) is 6.49. The van der Waals surface area contributed by atoms with Gasteiger partial charge < -0.3 is 20.3 Å². The van der Waals surface area contributed by atoms with E-state index in [9.17, 15) is 0 Å².